The molecule has 1 aromatic heterocycles. The van der Waals surface area contributed by atoms with Crippen LogP contribution in [0.1, 0.15) is 24.8 Å². The zero-order chi connectivity index (χ0) is 31.7. The highest BCUT2D eigenvalue weighted by Gasteiger charge is 2.32. The summed E-state index contributed by atoms with van der Waals surface area (Å²) in [7, 11) is 5.64. The van der Waals surface area contributed by atoms with E-state index in [2.05, 4.69) is 92.7 Å². The number of methoxy groups -OCH3 is 1. The average Bonchev–Trinajstić information content (AvgIpc) is 3.54. The molecule has 242 valence electrons. The molecule has 2 fully saturated rings. The third kappa shape index (κ3) is 6.97. The van der Waals surface area contributed by atoms with E-state index in [9.17, 15) is 0 Å². The Morgan fingerprint density at radius 1 is 1.02 bits per heavy atom. The number of nitrogens with zero attached hydrogens (tertiary/aromatic N) is 5. The number of likely N-dealkylation sites (N-methyl/N-ethyl adjacent to an activating group) is 1. The number of anilines is 5. The number of halogens is 1. The van der Waals surface area contributed by atoms with E-state index in [1.807, 2.05) is 12.1 Å². The fraction of sp³-hybridized carbons (Fsp3) is 0.515. The maximum atomic E-state index is 6.03. The lowest BCUT2D eigenvalue weighted by atomic mass is 10.0. The first kappa shape index (κ1) is 32.1. The normalized spacial score (nSPS) is 19.0. The molecular weight excluding hydrogens is 653 g/mol. The van der Waals surface area contributed by atoms with Gasteiger partial charge in [0, 0.05) is 61.5 Å². The van der Waals surface area contributed by atoms with Gasteiger partial charge in [-0.05, 0) is 93.3 Å². The van der Waals surface area contributed by atoms with Crippen LogP contribution in [-0.2, 0) is 0 Å². The Morgan fingerprint density at radius 3 is 2.51 bits per heavy atom. The maximum Gasteiger partial charge on any atom is 0.229 e. The summed E-state index contributed by atoms with van der Waals surface area (Å²) in [5, 5.41) is 8.06. The quantitative estimate of drug-likeness (QED) is 0.268. The number of likely N-dealkylation sites (tertiary alicyclic amines) is 1. The lowest BCUT2D eigenvalue weighted by Gasteiger charge is -2.38. The van der Waals surface area contributed by atoms with Crippen LogP contribution in [0, 0.1) is 6.92 Å². The van der Waals surface area contributed by atoms with Crippen LogP contribution in [0.4, 0.5) is 28.8 Å². The molecule has 0 saturated carbocycles. The van der Waals surface area contributed by atoms with Crippen LogP contribution in [-0.4, -0.2) is 106 Å². The van der Waals surface area contributed by atoms with Crippen molar-refractivity contribution in [3.8, 4) is 17.2 Å². The van der Waals surface area contributed by atoms with Crippen LogP contribution in [0.25, 0.3) is 0 Å². The summed E-state index contributed by atoms with van der Waals surface area (Å²) in [6, 6.07) is 9.64. The van der Waals surface area contributed by atoms with E-state index in [-0.39, 0.29) is 0 Å². The summed E-state index contributed by atoms with van der Waals surface area (Å²) in [6.45, 7) is 12.2. The number of piperidine rings is 1. The Hall–Kier alpha value is -2.85. The number of rotatable bonds is 9. The molecule has 1 unspecified atom stereocenters. The van der Waals surface area contributed by atoms with Crippen molar-refractivity contribution in [2.75, 3.05) is 89.5 Å². The van der Waals surface area contributed by atoms with E-state index < -0.39 is 7.92 Å². The van der Waals surface area contributed by atoms with Crippen molar-refractivity contribution in [1.82, 2.24) is 19.8 Å². The van der Waals surface area contributed by atoms with Gasteiger partial charge in [-0.15, -0.1) is 0 Å². The van der Waals surface area contributed by atoms with Gasteiger partial charge in [0.25, 0.3) is 0 Å². The van der Waals surface area contributed by atoms with Gasteiger partial charge < -0.3 is 34.6 Å². The first-order chi connectivity index (χ1) is 21.7. The SMILES string of the molecule is COc1cc(N2CCC(N3CCC(N(C)C)C3)CC2)c(C)cc1Nc1ncc(Br)c(Nc2ccc3c(c2P(C)C)OCCO3)n1. The van der Waals surface area contributed by atoms with Gasteiger partial charge in [0.05, 0.1) is 23.0 Å². The predicted molar refractivity (Wildman–Crippen MR) is 189 cm³/mol. The Bertz CT molecular complexity index is 1520. The standard InChI is InChI=1S/C33H45BrN7O3P/c1-21-17-26(29(42-4)18-27(21)40-12-9-22(10-13-40)41-14-11-23(20-41)39(2)3)37-33-35-19-24(34)32(38-33)36-25-7-8-28-30(31(25)45(5)6)44-16-15-43-28/h7-8,17-19,22-23H,9-16,20H2,1-6H3,(H2,35,36,37,38). The maximum absolute atomic E-state index is 6.03. The molecule has 10 nitrogen and oxygen atoms in total. The van der Waals surface area contributed by atoms with Crippen molar-refractivity contribution in [2.45, 2.75) is 38.3 Å². The van der Waals surface area contributed by atoms with Crippen molar-refractivity contribution in [1.29, 1.82) is 0 Å². The molecule has 6 rings (SSSR count). The van der Waals surface area contributed by atoms with Gasteiger partial charge in [-0.1, -0.05) is 7.92 Å². The molecule has 0 amide bonds. The minimum atomic E-state index is -0.479. The molecule has 2 saturated heterocycles. The number of fused-ring (bicyclic) bond motifs is 1. The fourth-order valence-electron chi connectivity index (χ4n) is 6.69. The Kier molecular flexibility index (Phi) is 9.90. The van der Waals surface area contributed by atoms with E-state index in [0.29, 0.717) is 37.1 Å². The van der Waals surface area contributed by atoms with Crippen LogP contribution >= 0.6 is 23.9 Å². The molecule has 2 N–H and O–H groups in total. The molecule has 0 radical (unpaired) electrons. The molecule has 4 heterocycles. The van der Waals surface area contributed by atoms with Gasteiger partial charge in [-0.2, -0.15) is 4.98 Å². The molecule has 0 aliphatic carbocycles. The van der Waals surface area contributed by atoms with E-state index in [0.717, 1.165) is 51.5 Å². The summed E-state index contributed by atoms with van der Waals surface area (Å²) >= 11 is 3.64. The molecule has 3 aliphatic heterocycles. The third-order valence-electron chi connectivity index (χ3n) is 9.14. The molecule has 1 atom stereocenters. The summed E-state index contributed by atoms with van der Waals surface area (Å²) in [6.07, 6.45) is 5.41. The number of nitrogens with one attached hydrogen (secondary N) is 2. The van der Waals surface area contributed by atoms with Gasteiger partial charge >= 0.3 is 0 Å². The molecule has 12 heteroatoms. The number of aromatic nitrogens is 2. The van der Waals surface area contributed by atoms with Crippen LogP contribution in [0.3, 0.4) is 0 Å². The number of benzene rings is 2. The second-order valence-electron chi connectivity index (χ2n) is 12.5. The Morgan fingerprint density at radius 2 is 1.80 bits per heavy atom. The molecule has 3 aliphatic rings. The Labute approximate surface area is 276 Å². The van der Waals surface area contributed by atoms with E-state index in [1.165, 1.54) is 43.6 Å². The molecule has 0 bridgehead atoms. The van der Waals surface area contributed by atoms with Gasteiger partial charge in [0.2, 0.25) is 5.95 Å². The van der Waals surface area contributed by atoms with Gasteiger partial charge in [-0.3, -0.25) is 4.90 Å². The number of ether oxygens (including phenoxy) is 3. The summed E-state index contributed by atoms with van der Waals surface area (Å²) in [5.74, 6) is 3.52. The second-order valence-corrected chi connectivity index (χ2v) is 15.6. The van der Waals surface area contributed by atoms with Crippen LogP contribution in [0.5, 0.6) is 17.2 Å². The van der Waals surface area contributed by atoms with Crippen LogP contribution in [0.15, 0.2) is 34.9 Å². The minimum absolute atomic E-state index is 0.475. The van der Waals surface area contributed by atoms with Crippen molar-refractivity contribution in [2.24, 2.45) is 0 Å². The van der Waals surface area contributed by atoms with E-state index in [4.69, 9.17) is 19.2 Å². The molecular formula is C33H45BrN7O3P. The highest BCUT2D eigenvalue weighted by atomic mass is 79.9. The summed E-state index contributed by atoms with van der Waals surface area (Å²) in [4.78, 5) is 17.0. The number of hydrogen-bond acceptors (Lipinski definition) is 10. The zero-order valence-electron chi connectivity index (χ0n) is 27.2. The summed E-state index contributed by atoms with van der Waals surface area (Å²) in [5.41, 5.74) is 4.20. The van der Waals surface area contributed by atoms with Crippen LogP contribution in [0.2, 0.25) is 0 Å². The number of hydrogen-bond donors (Lipinski definition) is 2. The third-order valence-corrected chi connectivity index (χ3v) is 11.1. The van der Waals surface area contributed by atoms with Gasteiger partial charge in [0.15, 0.2) is 11.5 Å². The van der Waals surface area contributed by atoms with Crippen molar-refractivity contribution in [3.05, 3.63) is 40.5 Å². The monoisotopic (exact) mass is 697 g/mol. The first-order valence-electron chi connectivity index (χ1n) is 15.7. The highest BCUT2D eigenvalue weighted by molar-refractivity contribution is 9.10. The lowest BCUT2D eigenvalue weighted by molar-refractivity contribution is 0.173. The van der Waals surface area contributed by atoms with Crippen molar-refractivity contribution >= 4 is 58.0 Å². The smallest absolute Gasteiger partial charge is 0.229 e. The van der Waals surface area contributed by atoms with Gasteiger partial charge in [-0.25, -0.2) is 4.98 Å². The lowest BCUT2D eigenvalue weighted by Crippen LogP contribution is -2.45. The molecule has 2 aromatic carbocycles. The van der Waals surface area contributed by atoms with E-state index >= 15 is 0 Å². The van der Waals surface area contributed by atoms with Crippen molar-refractivity contribution in [3.63, 3.8) is 0 Å². The average molecular weight is 699 g/mol. The molecule has 0 spiro atoms. The van der Waals surface area contributed by atoms with E-state index in [1.54, 1.807) is 13.3 Å². The predicted octanol–water partition coefficient (Wildman–Crippen LogP) is 5.79. The number of aryl methyl sites for hydroxylation is 1. The summed E-state index contributed by atoms with van der Waals surface area (Å²) < 4.78 is 18.5. The van der Waals surface area contributed by atoms with Crippen molar-refractivity contribution < 1.29 is 14.2 Å². The molecule has 45 heavy (non-hydrogen) atoms. The topological polar surface area (TPSA) is 87.3 Å². The largest absolute Gasteiger partial charge is 0.494 e. The second kappa shape index (κ2) is 13.9. The first-order valence-corrected chi connectivity index (χ1v) is 18.7. The Balaban J connectivity index is 1.17. The highest BCUT2D eigenvalue weighted by Crippen LogP contribution is 2.42. The molecule has 3 aromatic rings. The zero-order valence-corrected chi connectivity index (χ0v) is 29.7. The van der Waals surface area contributed by atoms with Crippen LogP contribution < -0.4 is 35.0 Å². The van der Waals surface area contributed by atoms with Gasteiger partial charge in [0.1, 0.15) is 24.8 Å². The fourth-order valence-corrected chi connectivity index (χ4v) is 8.17. The minimum Gasteiger partial charge on any atom is -0.494 e.